The topological polar surface area (TPSA) is 23.5 Å². The number of benzene rings is 2. The average molecular weight is 269 g/mol. The highest BCUT2D eigenvalue weighted by atomic mass is 16.3. The SMILES string of the molecule is CCN(c1ccc(CC(C)C)cc1)c1cccc(O)c1. The Bertz CT molecular complexity index is 546. The lowest BCUT2D eigenvalue weighted by Gasteiger charge is -2.23. The lowest BCUT2D eigenvalue weighted by Crippen LogP contribution is -2.15. The summed E-state index contributed by atoms with van der Waals surface area (Å²) in [6, 6.07) is 16.1. The summed E-state index contributed by atoms with van der Waals surface area (Å²) < 4.78 is 0. The van der Waals surface area contributed by atoms with Crippen LogP contribution in [0.5, 0.6) is 5.75 Å². The first-order chi connectivity index (χ1) is 9.60. The molecular weight excluding hydrogens is 246 g/mol. The predicted octanol–water partition coefficient (Wildman–Crippen LogP) is 4.75. The van der Waals surface area contributed by atoms with E-state index in [0.29, 0.717) is 11.7 Å². The van der Waals surface area contributed by atoms with Crippen molar-refractivity contribution in [1.82, 2.24) is 0 Å². The summed E-state index contributed by atoms with van der Waals surface area (Å²) in [5, 5.41) is 9.62. The first-order valence-corrected chi connectivity index (χ1v) is 7.25. The third-order valence-electron chi connectivity index (χ3n) is 3.35. The molecule has 0 heterocycles. The second kappa shape index (κ2) is 6.47. The molecule has 0 unspecified atom stereocenters. The molecule has 0 radical (unpaired) electrons. The molecule has 106 valence electrons. The Morgan fingerprint density at radius 3 is 2.25 bits per heavy atom. The quantitative estimate of drug-likeness (QED) is 0.846. The fourth-order valence-electron chi connectivity index (χ4n) is 2.46. The van der Waals surface area contributed by atoms with E-state index < -0.39 is 0 Å². The van der Waals surface area contributed by atoms with E-state index in [1.807, 2.05) is 12.1 Å². The number of hydrogen-bond acceptors (Lipinski definition) is 2. The van der Waals surface area contributed by atoms with Gasteiger partial charge in [-0.1, -0.05) is 32.0 Å². The second-order valence-corrected chi connectivity index (χ2v) is 5.53. The highest BCUT2D eigenvalue weighted by molar-refractivity contribution is 5.64. The minimum absolute atomic E-state index is 0.303. The molecule has 0 aliphatic heterocycles. The van der Waals surface area contributed by atoms with E-state index >= 15 is 0 Å². The summed E-state index contributed by atoms with van der Waals surface area (Å²) in [4.78, 5) is 2.19. The van der Waals surface area contributed by atoms with Crippen molar-refractivity contribution in [3.63, 3.8) is 0 Å². The molecule has 2 aromatic rings. The fraction of sp³-hybridized carbons (Fsp3) is 0.333. The molecule has 2 nitrogen and oxygen atoms in total. The van der Waals surface area contributed by atoms with Crippen molar-refractivity contribution >= 4 is 11.4 Å². The molecule has 20 heavy (non-hydrogen) atoms. The van der Waals surface area contributed by atoms with E-state index in [4.69, 9.17) is 0 Å². The Kier molecular flexibility index (Phi) is 4.67. The van der Waals surface area contributed by atoms with Gasteiger partial charge in [0, 0.05) is 24.0 Å². The molecule has 0 saturated heterocycles. The van der Waals surface area contributed by atoms with Gasteiger partial charge in [-0.25, -0.2) is 0 Å². The number of aromatic hydroxyl groups is 1. The Morgan fingerprint density at radius 2 is 1.70 bits per heavy atom. The van der Waals surface area contributed by atoms with Gasteiger partial charge < -0.3 is 10.0 Å². The van der Waals surface area contributed by atoms with Gasteiger partial charge in [0.15, 0.2) is 0 Å². The van der Waals surface area contributed by atoms with Crippen LogP contribution in [0.1, 0.15) is 26.3 Å². The van der Waals surface area contributed by atoms with E-state index in [0.717, 1.165) is 24.3 Å². The van der Waals surface area contributed by atoms with Gasteiger partial charge >= 0.3 is 0 Å². The lowest BCUT2D eigenvalue weighted by molar-refractivity contribution is 0.475. The van der Waals surface area contributed by atoms with Crippen LogP contribution in [0.4, 0.5) is 11.4 Å². The van der Waals surface area contributed by atoms with Crippen LogP contribution < -0.4 is 4.90 Å². The zero-order chi connectivity index (χ0) is 14.5. The largest absolute Gasteiger partial charge is 0.508 e. The van der Waals surface area contributed by atoms with Crippen LogP contribution in [0.3, 0.4) is 0 Å². The molecule has 0 amide bonds. The van der Waals surface area contributed by atoms with Gasteiger partial charge in [-0.05, 0) is 49.1 Å². The van der Waals surface area contributed by atoms with Crippen LogP contribution in [0, 0.1) is 5.92 Å². The summed E-state index contributed by atoms with van der Waals surface area (Å²) in [7, 11) is 0. The number of hydrogen-bond donors (Lipinski definition) is 1. The molecule has 0 aliphatic rings. The molecule has 0 spiro atoms. The Hall–Kier alpha value is -1.96. The Labute approximate surface area is 121 Å². The number of rotatable bonds is 5. The minimum atomic E-state index is 0.303. The highest BCUT2D eigenvalue weighted by Gasteiger charge is 2.08. The zero-order valence-corrected chi connectivity index (χ0v) is 12.5. The molecule has 0 aliphatic carbocycles. The molecule has 0 atom stereocenters. The van der Waals surface area contributed by atoms with Gasteiger partial charge in [0.2, 0.25) is 0 Å². The zero-order valence-electron chi connectivity index (χ0n) is 12.5. The standard InChI is InChI=1S/C18H23NO/c1-4-19(17-6-5-7-18(20)13-17)16-10-8-15(9-11-16)12-14(2)3/h5-11,13-14,20H,4,12H2,1-3H3. The molecule has 0 fully saturated rings. The average Bonchev–Trinajstić information content (AvgIpc) is 2.41. The maximum atomic E-state index is 9.62. The van der Waals surface area contributed by atoms with Crippen LogP contribution in [0.2, 0.25) is 0 Å². The van der Waals surface area contributed by atoms with Crippen molar-refractivity contribution in [3.8, 4) is 5.75 Å². The number of phenolic OH excluding ortho intramolecular Hbond substituents is 1. The minimum Gasteiger partial charge on any atom is -0.508 e. The van der Waals surface area contributed by atoms with Crippen LogP contribution in [-0.4, -0.2) is 11.7 Å². The van der Waals surface area contributed by atoms with E-state index in [1.165, 1.54) is 5.56 Å². The molecule has 2 aromatic carbocycles. The van der Waals surface area contributed by atoms with Gasteiger partial charge in [-0.3, -0.25) is 0 Å². The normalized spacial score (nSPS) is 10.8. The Balaban J connectivity index is 2.23. The lowest BCUT2D eigenvalue weighted by atomic mass is 10.0. The van der Waals surface area contributed by atoms with Crippen LogP contribution in [0.25, 0.3) is 0 Å². The summed E-state index contributed by atoms with van der Waals surface area (Å²) in [6.07, 6.45) is 1.11. The summed E-state index contributed by atoms with van der Waals surface area (Å²) in [6.45, 7) is 7.46. The van der Waals surface area contributed by atoms with E-state index in [9.17, 15) is 5.11 Å². The van der Waals surface area contributed by atoms with Crippen LogP contribution in [-0.2, 0) is 6.42 Å². The van der Waals surface area contributed by atoms with Crippen molar-refractivity contribution in [1.29, 1.82) is 0 Å². The molecule has 1 N–H and O–H groups in total. The van der Waals surface area contributed by atoms with E-state index in [1.54, 1.807) is 12.1 Å². The third-order valence-corrected chi connectivity index (χ3v) is 3.35. The smallest absolute Gasteiger partial charge is 0.117 e. The molecule has 0 saturated carbocycles. The molecule has 2 heteroatoms. The van der Waals surface area contributed by atoms with Crippen molar-refractivity contribution < 1.29 is 5.11 Å². The number of nitrogens with zero attached hydrogens (tertiary/aromatic N) is 1. The van der Waals surface area contributed by atoms with Crippen molar-refractivity contribution in [2.45, 2.75) is 27.2 Å². The Morgan fingerprint density at radius 1 is 1.00 bits per heavy atom. The molecule has 2 rings (SSSR count). The number of anilines is 2. The van der Waals surface area contributed by atoms with Gasteiger partial charge in [-0.15, -0.1) is 0 Å². The van der Waals surface area contributed by atoms with Crippen molar-refractivity contribution in [3.05, 3.63) is 54.1 Å². The molecule has 0 aromatic heterocycles. The van der Waals surface area contributed by atoms with Crippen LogP contribution in [0.15, 0.2) is 48.5 Å². The van der Waals surface area contributed by atoms with Gasteiger partial charge in [-0.2, -0.15) is 0 Å². The van der Waals surface area contributed by atoms with Crippen LogP contribution >= 0.6 is 0 Å². The third kappa shape index (κ3) is 3.53. The number of phenols is 1. The maximum absolute atomic E-state index is 9.62. The summed E-state index contributed by atoms with van der Waals surface area (Å²) in [5.74, 6) is 0.978. The highest BCUT2D eigenvalue weighted by Crippen LogP contribution is 2.28. The van der Waals surface area contributed by atoms with Gasteiger partial charge in [0.25, 0.3) is 0 Å². The fourth-order valence-corrected chi connectivity index (χ4v) is 2.46. The maximum Gasteiger partial charge on any atom is 0.117 e. The second-order valence-electron chi connectivity index (χ2n) is 5.53. The van der Waals surface area contributed by atoms with Crippen molar-refractivity contribution in [2.75, 3.05) is 11.4 Å². The first-order valence-electron chi connectivity index (χ1n) is 7.25. The van der Waals surface area contributed by atoms with E-state index in [-0.39, 0.29) is 0 Å². The summed E-state index contributed by atoms with van der Waals surface area (Å²) in [5.41, 5.74) is 3.55. The molecular formula is C18H23NO. The van der Waals surface area contributed by atoms with E-state index in [2.05, 4.69) is 49.9 Å². The summed E-state index contributed by atoms with van der Waals surface area (Å²) >= 11 is 0. The predicted molar refractivity (Wildman–Crippen MR) is 85.8 cm³/mol. The van der Waals surface area contributed by atoms with Crippen molar-refractivity contribution in [2.24, 2.45) is 5.92 Å². The first kappa shape index (κ1) is 14.4. The van der Waals surface area contributed by atoms with Gasteiger partial charge in [0.1, 0.15) is 5.75 Å². The van der Waals surface area contributed by atoms with Gasteiger partial charge in [0.05, 0.1) is 0 Å². The molecule has 0 bridgehead atoms. The monoisotopic (exact) mass is 269 g/mol.